The molecule has 0 saturated carbocycles. The minimum Gasteiger partial charge on any atom is -0.493 e. The number of ketones is 1. The van der Waals surface area contributed by atoms with Gasteiger partial charge in [-0.1, -0.05) is 76.1 Å². The van der Waals surface area contributed by atoms with E-state index in [2.05, 4.69) is 13.0 Å². The van der Waals surface area contributed by atoms with E-state index < -0.39 is 0 Å². The van der Waals surface area contributed by atoms with Crippen molar-refractivity contribution in [1.82, 2.24) is 0 Å². The van der Waals surface area contributed by atoms with Crippen molar-refractivity contribution in [1.29, 1.82) is 0 Å². The van der Waals surface area contributed by atoms with Crippen molar-refractivity contribution in [2.24, 2.45) is 0 Å². The molecule has 130 valence electrons. The van der Waals surface area contributed by atoms with Crippen LogP contribution in [0.25, 0.3) is 10.8 Å². The number of ether oxygens (including phenoxy) is 1. The van der Waals surface area contributed by atoms with E-state index in [-0.39, 0.29) is 5.78 Å². The number of hydrogen-bond acceptors (Lipinski definition) is 2. The van der Waals surface area contributed by atoms with Crippen LogP contribution in [0.5, 0.6) is 5.75 Å². The van der Waals surface area contributed by atoms with Crippen molar-refractivity contribution in [2.75, 3.05) is 6.61 Å². The van der Waals surface area contributed by atoms with Gasteiger partial charge in [-0.25, -0.2) is 0 Å². The molecular formula is C22H30O2. The number of rotatable bonds is 11. The average Bonchev–Trinajstić information content (AvgIpc) is 2.60. The van der Waals surface area contributed by atoms with Gasteiger partial charge in [0.05, 0.1) is 6.61 Å². The summed E-state index contributed by atoms with van der Waals surface area (Å²) in [6.45, 7) is 4.60. The largest absolute Gasteiger partial charge is 0.493 e. The molecule has 0 aromatic heterocycles. The van der Waals surface area contributed by atoms with Crippen molar-refractivity contribution in [3.63, 3.8) is 0 Å². The first-order valence-corrected chi connectivity index (χ1v) is 9.39. The Morgan fingerprint density at radius 1 is 0.917 bits per heavy atom. The topological polar surface area (TPSA) is 26.3 Å². The van der Waals surface area contributed by atoms with Gasteiger partial charge in [-0.05, 0) is 30.9 Å². The number of fused-ring (bicyclic) bond motifs is 1. The minimum atomic E-state index is 0.0924. The smallest absolute Gasteiger partial charge is 0.159 e. The molecule has 2 aromatic rings. The maximum atomic E-state index is 11.6. The highest BCUT2D eigenvalue weighted by Gasteiger charge is 2.05. The average molecular weight is 326 g/mol. The summed E-state index contributed by atoms with van der Waals surface area (Å²) in [4.78, 5) is 11.6. The highest BCUT2D eigenvalue weighted by atomic mass is 16.5. The number of Topliss-reactive ketones (excluding diaryl/α,β-unsaturated/α-hetero) is 1. The number of carbonyl (C=O) groups is 1. The van der Waals surface area contributed by atoms with Crippen LogP contribution >= 0.6 is 0 Å². The molecule has 2 heteroatoms. The van der Waals surface area contributed by atoms with E-state index in [1.165, 1.54) is 44.9 Å². The number of hydrogen-bond donors (Lipinski definition) is 0. The first kappa shape index (κ1) is 18.5. The van der Waals surface area contributed by atoms with Gasteiger partial charge in [-0.15, -0.1) is 0 Å². The molecule has 0 saturated heterocycles. The molecule has 0 atom stereocenters. The fourth-order valence-corrected chi connectivity index (χ4v) is 3.01. The standard InChI is InChI=1S/C22H30O2/c1-3-4-5-6-7-8-9-10-16-24-22-13-11-12-19-14-15-20(18(2)23)17-21(19)22/h11-15,17H,3-10,16H2,1-2H3. The second-order valence-corrected chi connectivity index (χ2v) is 6.57. The molecular weight excluding hydrogens is 296 g/mol. The quantitative estimate of drug-likeness (QED) is 0.345. The molecule has 0 amide bonds. The van der Waals surface area contributed by atoms with Crippen molar-refractivity contribution in [2.45, 2.75) is 65.2 Å². The van der Waals surface area contributed by atoms with Crippen LogP contribution in [-0.2, 0) is 0 Å². The molecule has 0 aliphatic carbocycles. The van der Waals surface area contributed by atoms with Crippen LogP contribution in [0.3, 0.4) is 0 Å². The van der Waals surface area contributed by atoms with Gasteiger partial charge in [-0.3, -0.25) is 4.79 Å². The summed E-state index contributed by atoms with van der Waals surface area (Å²) in [5.74, 6) is 0.980. The van der Waals surface area contributed by atoms with Crippen molar-refractivity contribution >= 4 is 16.6 Å². The van der Waals surface area contributed by atoms with E-state index in [0.717, 1.165) is 35.1 Å². The molecule has 0 bridgehead atoms. The van der Waals surface area contributed by atoms with Gasteiger partial charge in [-0.2, -0.15) is 0 Å². The Morgan fingerprint density at radius 2 is 1.62 bits per heavy atom. The summed E-state index contributed by atoms with van der Waals surface area (Å²) in [7, 11) is 0. The summed E-state index contributed by atoms with van der Waals surface area (Å²) < 4.78 is 5.99. The van der Waals surface area contributed by atoms with Gasteiger partial charge in [0, 0.05) is 10.9 Å². The Bertz CT molecular complexity index is 645. The van der Waals surface area contributed by atoms with Gasteiger partial charge in [0.2, 0.25) is 0 Å². The predicted molar refractivity (Wildman–Crippen MR) is 102 cm³/mol. The number of unbranched alkanes of at least 4 members (excludes halogenated alkanes) is 7. The van der Waals surface area contributed by atoms with Crippen LogP contribution in [0.2, 0.25) is 0 Å². The summed E-state index contributed by atoms with van der Waals surface area (Å²) in [5, 5.41) is 2.15. The summed E-state index contributed by atoms with van der Waals surface area (Å²) >= 11 is 0. The lowest BCUT2D eigenvalue weighted by molar-refractivity contribution is 0.101. The van der Waals surface area contributed by atoms with Gasteiger partial charge < -0.3 is 4.74 Å². The summed E-state index contributed by atoms with van der Waals surface area (Å²) in [5.41, 5.74) is 0.741. The van der Waals surface area contributed by atoms with E-state index in [1.807, 2.05) is 30.3 Å². The van der Waals surface area contributed by atoms with Crippen LogP contribution in [0.1, 0.15) is 75.6 Å². The molecule has 0 aliphatic rings. The molecule has 0 N–H and O–H groups in total. The predicted octanol–water partition coefficient (Wildman–Crippen LogP) is 6.56. The van der Waals surface area contributed by atoms with Crippen molar-refractivity contribution in [3.8, 4) is 5.75 Å². The minimum absolute atomic E-state index is 0.0924. The van der Waals surface area contributed by atoms with Crippen LogP contribution < -0.4 is 4.74 Å². The molecule has 2 nitrogen and oxygen atoms in total. The van der Waals surface area contributed by atoms with Crippen LogP contribution in [0.15, 0.2) is 36.4 Å². The second kappa shape index (κ2) is 10.1. The lowest BCUT2D eigenvalue weighted by Crippen LogP contribution is -1.99. The lowest BCUT2D eigenvalue weighted by atomic mass is 10.0. The lowest BCUT2D eigenvalue weighted by Gasteiger charge is -2.10. The molecule has 0 radical (unpaired) electrons. The van der Waals surface area contributed by atoms with Crippen molar-refractivity contribution < 1.29 is 9.53 Å². The van der Waals surface area contributed by atoms with E-state index in [9.17, 15) is 4.79 Å². The van der Waals surface area contributed by atoms with E-state index in [1.54, 1.807) is 6.92 Å². The molecule has 2 rings (SSSR count). The molecule has 0 spiro atoms. The van der Waals surface area contributed by atoms with Crippen molar-refractivity contribution in [3.05, 3.63) is 42.0 Å². The van der Waals surface area contributed by atoms with E-state index >= 15 is 0 Å². The zero-order valence-electron chi connectivity index (χ0n) is 15.1. The highest BCUT2D eigenvalue weighted by molar-refractivity contribution is 6.00. The molecule has 0 fully saturated rings. The molecule has 0 unspecified atom stereocenters. The maximum Gasteiger partial charge on any atom is 0.159 e. The second-order valence-electron chi connectivity index (χ2n) is 6.57. The Morgan fingerprint density at radius 3 is 2.33 bits per heavy atom. The molecule has 2 aromatic carbocycles. The summed E-state index contributed by atoms with van der Waals surface area (Å²) in [6, 6.07) is 11.9. The highest BCUT2D eigenvalue weighted by Crippen LogP contribution is 2.27. The van der Waals surface area contributed by atoms with E-state index in [4.69, 9.17) is 4.74 Å². The molecule has 0 heterocycles. The fraction of sp³-hybridized carbons (Fsp3) is 0.500. The first-order chi connectivity index (χ1) is 11.7. The van der Waals surface area contributed by atoms with Gasteiger partial charge >= 0.3 is 0 Å². The normalized spacial score (nSPS) is 10.9. The monoisotopic (exact) mass is 326 g/mol. The van der Waals surface area contributed by atoms with Gasteiger partial charge in [0.25, 0.3) is 0 Å². The third kappa shape index (κ3) is 5.67. The fourth-order valence-electron chi connectivity index (χ4n) is 3.01. The number of benzene rings is 2. The molecule has 0 aliphatic heterocycles. The Hall–Kier alpha value is -1.83. The first-order valence-electron chi connectivity index (χ1n) is 9.39. The third-order valence-corrected chi connectivity index (χ3v) is 4.50. The van der Waals surface area contributed by atoms with Gasteiger partial charge in [0.1, 0.15) is 5.75 Å². The number of carbonyl (C=O) groups excluding carboxylic acids is 1. The maximum absolute atomic E-state index is 11.6. The molecule has 24 heavy (non-hydrogen) atoms. The van der Waals surface area contributed by atoms with Crippen LogP contribution in [0.4, 0.5) is 0 Å². The zero-order chi connectivity index (χ0) is 17.2. The Labute approximate surface area is 146 Å². The zero-order valence-corrected chi connectivity index (χ0v) is 15.1. The SMILES string of the molecule is CCCCCCCCCCOc1cccc2ccc(C(C)=O)cc12. The van der Waals surface area contributed by atoms with Crippen LogP contribution in [-0.4, -0.2) is 12.4 Å². The van der Waals surface area contributed by atoms with E-state index in [0.29, 0.717) is 0 Å². The summed E-state index contributed by atoms with van der Waals surface area (Å²) in [6.07, 6.45) is 10.4. The third-order valence-electron chi connectivity index (χ3n) is 4.50. The van der Waals surface area contributed by atoms with Gasteiger partial charge in [0.15, 0.2) is 5.78 Å². The Balaban J connectivity index is 1.80. The Kier molecular flexibility index (Phi) is 7.81. The van der Waals surface area contributed by atoms with Crippen LogP contribution in [0, 0.1) is 0 Å².